The van der Waals surface area contributed by atoms with Gasteiger partial charge in [0.25, 0.3) is 0 Å². The highest BCUT2D eigenvalue weighted by molar-refractivity contribution is 5.77. The van der Waals surface area contributed by atoms with Crippen molar-refractivity contribution in [3.05, 3.63) is 36.3 Å². The summed E-state index contributed by atoms with van der Waals surface area (Å²) in [6.45, 7) is 6.75. The number of hydrogen-bond donors (Lipinski definition) is 0. The van der Waals surface area contributed by atoms with Crippen molar-refractivity contribution in [2.24, 2.45) is 11.8 Å². The second kappa shape index (κ2) is 6.64. The monoisotopic (exact) mass is 379 g/mol. The van der Waals surface area contributed by atoms with E-state index >= 15 is 0 Å². The Bertz CT molecular complexity index is 889. The molecule has 1 spiro atoms. The maximum Gasteiger partial charge on any atom is 0.222 e. The zero-order valence-electron chi connectivity index (χ0n) is 16.9. The van der Waals surface area contributed by atoms with E-state index in [9.17, 15) is 4.79 Å². The van der Waals surface area contributed by atoms with Crippen molar-refractivity contribution in [2.75, 3.05) is 13.1 Å². The first-order chi connectivity index (χ1) is 13.6. The Labute approximate surface area is 166 Å². The van der Waals surface area contributed by atoms with Crippen LogP contribution in [0.2, 0.25) is 0 Å². The van der Waals surface area contributed by atoms with Crippen LogP contribution in [0.25, 0.3) is 11.3 Å². The summed E-state index contributed by atoms with van der Waals surface area (Å²) in [5, 5.41) is 0. The maximum absolute atomic E-state index is 12.6. The lowest BCUT2D eigenvalue weighted by Gasteiger charge is -2.45. The van der Waals surface area contributed by atoms with Crippen LogP contribution in [0.4, 0.5) is 0 Å². The molecule has 1 aromatic carbocycles. The smallest absolute Gasteiger partial charge is 0.222 e. The quantitative estimate of drug-likeness (QED) is 0.799. The van der Waals surface area contributed by atoms with Crippen LogP contribution in [0.15, 0.2) is 30.6 Å². The number of amides is 1. The number of fused-ring (bicyclic) bond motifs is 4. The predicted molar refractivity (Wildman–Crippen MR) is 108 cm³/mol. The average Bonchev–Trinajstić information content (AvgIpc) is 3.38. The molecule has 1 aromatic heterocycles. The number of carbonyl (C=O) groups excluding carboxylic acids is 1. The molecule has 1 saturated heterocycles. The fourth-order valence-electron chi connectivity index (χ4n) is 4.72. The van der Waals surface area contributed by atoms with E-state index in [4.69, 9.17) is 9.72 Å². The SMILES string of the molecule is CC(C)CC(=O)N1CCC2(CC1)Oc1ccccc1-c1ncn(CC3CC3)c12. The summed E-state index contributed by atoms with van der Waals surface area (Å²) in [4.78, 5) is 19.4. The van der Waals surface area contributed by atoms with Gasteiger partial charge in [-0.15, -0.1) is 0 Å². The summed E-state index contributed by atoms with van der Waals surface area (Å²) in [5.41, 5.74) is 3.03. The highest BCUT2D eigenvalue weighted by atomic mass is 16.5. The Morgan fingerprint density at radius 2 is 2.00 bits per heavy atom. The fourth-order valence-corrected chi connectivity index (χ4v) is 4.72. The van der Waals surface area contributed by atoms with E-state index < -0.39 is 0 Å². The third kappa shape index (κ3) is 3.01. The first-order valence-corrected chi connectivity index (χ1v) is 10.7. The number of benzene rings is 1. The summed E-state index contributed by atoms with van der Waals surface area (Å²) in [5.74, 6) is 2.37. The minimum absolute atomic E-state index is 0.271. The molecule has 1 saturated carbocycles. The molecule has 2 aliphatic heterocycles. The van der Waals surface area contributed by atoms with E-state index in [1.54, 1.807) is 0 Å². The molecule has 2 fully saturated rings. The summed E-state index contributed by atoms with van der Waals surface area (Å²) in [7, 11) is 0. The molecule has 0 bridgehead atoms. The minimum Gasteiger partial charge on any atom is -0.480 e. The molecule has 5 rings (SSSR count). The van der Waals surface area contributed by atoms with E-state index in [0.29, 0.717) is 12.3 Å². The Hall–Kier alpha value is -2.30. The van der Waals surface area contributed by atoms with E-state index in [-0.39, 0.29) is 11.5 Å². The molecule has 5 heteroatoms. The number of rotatable bonds is 4. The van der Waals surface area contributed by atoms with E-state index in [1.165, 1.54) is 18.5 Å². The van der Waals surface area contributed by atoms with Crippen LogP contribution >= 0.6 is 0 Å². The van der Waals surface area contributed by atoms with Gasteiger partial charge in [-0.1, -0.05) is 26.0 Å². The van der Waals surface area contributed by atoms with Gasteiger partial charge in [0.05, 0.1) is 17.7 Å². The van der Waals surface area contributed by atoms with Crippen LogP contribution in [-0.4, -0.2) is 33.4 Å². The van der Waals surface area contributed by atoms with Gasteiger partial charge in [0, 0.05) is 44.5 Å². The lowest BCUT2D eigenvalue weighted by molar-refractivity contribution is -0.136. The summed E-state index contributed by atoms with van der Waals surface area (Å²) in [6, 6.07) is 8.24. The molecular formula is C23H29N3O2. The van der Waals surface area contributed by atoms with Gasteiger partial charge in [0.2, 0.25) is 5.91 Å². The molecule has 0 atom stereocenters. The molecule has 5 nitrogen and oxygen atoms in total. The number of hydrogen-bond acceptors (Lipinski definition) is 3. The first kappa shape index (κ1) is 17.8. The zero-order valence-corrected chi connectivity index (χ0v) is 16.9. The Morgan fingerprint density at radius 1 is 1.25 bits per heavy atom. The van der Waals surface area contributed by atoms with Crippen LogP contribution < -0.4 is 4.74 Å². The number of carbonyl (C=O) groups is 1. The molecule has 3 heterocycles. The standard InChI is InChI=1S/C23H29N3O2/c1-16(2)13-20(27)25-11-9-23(10-12-25)22-21(18-5-3-4-6-19(18)28-23)24-15-26(22)14-17-7-8-17/h3-6,15-17H,7-14H2,1-2H3. The van der Waals surface area contributed by atoms with Crippen molar-refractivity contribution in [3.63, 3.8) is 0 Å². The van der Waals surface area contributed by atoms with Crippen molar-refractivity contribution < 1.29 is 9.53 Å². The van der Waals surface area contributed by atoms with Gasteiger partial charge in [-0.2, -0.15) is 0 Å². The van der Waals surface area contributed by atoms with Crippen molar-refractivity contribution in [1.82, 2.24) is 14.5 Å². The molecule has 2 aromatic rings. The average molecular weight is 380 g/mol. The molecule has 28 heavy (non-hydrogen) atoms. The van der Waals surface area contributed by atoms with Crippen LogP contribution in [-0.2, 0) is 16.9 Å². The second-order valence-electron chi connectivity index (χ2n) is 9.11. The van der Waals surface area contributed by atoms with Crippen LogP contribution in [0.3, 0.4) is 0 Å². The van der Waals surface area contributed by atoms with Crippen molar-refractivity contribution in [3.8, 4) is 17.0 Å². The number of ether oxygens (including phenoxy) is 1. The lowest BCUT2D eigenvalue weighted by atomic mass is 9.83. The Kier molecular flexibility index (Phi) is 4.22. The van der Waals surface area contributed by atoms with Gasteiger partial charge in [-0.3, -0.25) is 4.79 Å². The number of para-hydroxylation sites is 1. The van der Waals surface area contributed by atoms with E-state index in [0.717, 1.165) is 55.4 Å². The molecule has 1 aliphatic carbocycles. The minimum atomic E-state index is -0.371. The van der Waals surface area contributed by atoms with E-state index in [1.807, 2.05) is 17.3 Å². The van der Waals surface area contributed by atoms with Gasteiger partial charge < -0.3 is 14.2 Å². The van der Waals surface area contributed by atoms with Crippen molar-refractivity contribution in [2.45, 2.75) is 58.1 Å². The van der Waals surface area contributed by atoms with Gasteiger partial charge in [-0.25, -0.2) is 4.98 Å². The highest BCUT2D eigenvalue weighted by Crippen LogP contribution is 2.49. The largest absolute Gasteiger partial charge is 0.480 e. The molecule has 0 radical (unpaired) electrons. The number of aromatic nitrogens is 2. The van der Waals surface area contributed by atoms with Gasteiger partial charge >= 0.3 is 0 Å². The molecular weight excluding hydrogens is 350 g/mol. The van der Waals surface area contributed by atoms with Crippen molar-refractivity contribution >= 4 is 5.91 Å². The molecule has 3 aliphatic rings. The maximum atomic E-state index is 12.6. The molecule has 0 N–H and O–H groups in total. The van der Waals surface area contributed by atoms with Crippen LogP contribution in [0, 0.1) is 11.8 Å². The summed E-state index contributed by atoms with van der Waals surface area (Å²) < 4.78 is 9.04. The van der Waals surface area contributed by atoms with Crippen LogP contribution in [0.1, 0.15) is 51.6 Å². The van der Waals surface area contributed by atoms with Gasteiger partial charge in [0.15, 0.2) is 5.60 Å². The van der Waals surface area contributed by atoms with Gasteiger partial charge in [-0.05, 0) is 36.8 Å². The molecule has 1 amide bonds. The third-order valence-electron chi connectivity index (χ3n) is 6.38. The number of imidazole rings is 1. The van der Waals surface area contributed by atoms with E-state index in [2.05, 4.69) is 36.6 Å². The molecule has 148 valence electrons. The van der Waals surface area contributed by atoms with Crippen molar-refractivity contribution in [1.29, 1.82) is 0 Å². The summed E-state index contributed by atoms with van der Waals surface area (Å²) in [6.07, 6.45) is 6.92. The lowest BCUT2D eigenvalue weighted by Crippen LogP contribution is -2.50. The Morgan fingerprint density at radius 3 is 2.71 bits per heavy atom. The fraction of sp³-hybridized carbons (Fsp3) is 0.565. The topological polar surface area (TPSA) is 47.4 Å². The normalized spacial score (nSPS) is 20.0. The number of nitrogens with zero attached hydrogens (tertiary/aromatic N) is 3. The highest BCUT2D eigenvalue weighted by Gasteiger charge is 2.47. The van der Waals surface area contributed by atoms with Gasteiger partial charge in [0.1, 0.15) is 5.75 Å². The number of piperidine rings is 1. The first-order valence-electron chi connectivity index (χ1n) is 10.7. The zero-order chi connectivity index (χ0) is 19.3. The molecule has 0 unspecified atom stereocenters. The predicted octanol–water partition coefficient (Wildman–Crippen LogP) is 4.22. The second-order valence-corrected chi connectivity index (χ2v) is 9.11. The van der Waals surface area contributed by atoms with Crippen LogP contribution in [0.5, 0.6) is 5.75 Å². The number of likely N-dealkylation sites (tertiary alicyclic amines) is 1. The third-order valence-corrected chi connectivity index (χ3v) is 6.38. The Balaban J connectivity index is 1.47. The summed E-state index contributed by atoms with van der Waals surface area (Å²) >= 11 is 0.